The maximum absolute atomic E-state index is 14.8. The van der Waals surface area contributed by atoms with Crippen molar-refractivity contribution in [2.24, 2.45) is 4.99 Å². The van der Waals surface area contributed by atoms with Crippen LogP contribution in [0.25, 0.3) is 11.0 Å². The predicted molar refractivity (Wildman–Crippen MR) is 124 cm³/mol. The minimum atomic E-state index is -4.63. The molecule has 1 aromatic heterocycles. The van der Waals surface area contributed by atoms with Crippen molar-refractivity contribution in [3.8, 4) is 0 Å². The molecular weight excluding hydrogens is 480 g/mol. The number of rotatable bonds is 5. The molecule has 0 saturated carbocycles. The molecule has 0 bridgehead atoms. The Morgan fingerprint density at radius 2 is 1.94 bits per heavy atom. The third-order valence-corrected chi connectivity index (χ3v) is 6.34. The number of aliphatic hydroxyl groups excluding tert-OH is 1. The summed E-state index contributed by atoms with van der Waals surface area (Å²) >= 11 is 0. The van der Waals surface area contributed by atoms with Crippen LogP contribution in [0.5, 0.6) is 0 Å². The summed E-state index contributed by atoms with van der Waals surface area (Å²) in [4.78, 5) is 34.0. The van der Waals surface area contributed by atoms with E-state index in [1.165, 1.54) is 17.6 Å². The second-order valence-corrected chi connectivity index (χ2v) is 9.33. The van der Waals surface area contributed by atoms with Crippen molar-refractivity contribution >= 4 is 22.8 Å². The molecule has 4 rings (SSSR count). The first kappa shape index (κ1) is 25.6. The summed E-state index contributed by atoms with van der Waals surface area (Å²) in [5, 5.41) is 9.45. The van der Waals surface area contributed by atoms with Crippen LogP contribution in [0.15, 0.2) is 47.5 Å². The number of piperidine rings is 1. The van der Waals surface area contributed by atoms with E-state index in [2.05, 4.69) is 9.98 Å². The van der Waals surface area contributed by atoms with Crippen LogP contribution in [0.2, 0.25) is 0 Å². The zero-order valence-electron chi connectivity index (χ0n) is 19.8. The quantitative estimate of drug-likeness (QED) is 0.516. The minimum Gasteiger partial charge on any atom is -0.393 e. The van der Waals surface area contributed by atoms with Crippen LogP contribution in [0.1, 0.15) is 47.2 Å². The molecule has 1 saturated heterocycles. The third-order valence-electron chi connectivity index (χ3n) is 6.34. The molecule has 36 heavy (non-hydrogen) atoms. The van der Waals surface area contributed by atoms with Crippen LogP contribution in [0.4, 0.5) is 17.6 Å². The summed E-state index contributed by atoms with van der Waals surface area (Å²) in [5.41, 5.74) is -1.75. The number of aromatic amines is 1. The molecule has 0 radical (unpaired) electrons. The number of imidazole rings is 1. The Kier molecular flexibility index (Phi) is 6.78. The van der Waals surface area contributed by atoms with Crippen LogP contribution >= 0.6 is 0 Å². The molecule has 2 amide bonds. The summed E-state index contributed by atoms with van der Waals surface area (Å²) in [5.74, 6) is -1.31. The summed E-state index contributed by atoms with van der Waals surface area (Å²) in [6.45, 7) is 0.691. The standard InChI is InChI=1S/C25H26F4N4O3/c1-24(26,14-34)13-33-20-9-8-15(18-7-4-10-32(2)22(18)36)12-19(20)30-23(33)31-21(35)16-5-3-6-17(11-16)25(27,28)29/h3,5-6,8-9,11-12,18,34H,4,7,10,13-14H2,1-2H3,(H,30,31,35). The van der Waals surface area contributed by atoms with E-state index in [9.17, 15) is 32.3 Å². The fraction of sp³-hybridized carbons (Fsp3) is 0.400. The second kappa shape index (κ2) is 9.53. The topological polar surface area (TPSA) is 90.7 Å². The average molecular weight is 507 g/mol. The summed E-state index contributed by atoms with van der Waals surface area (Å²) in [7, 11) is 1.74. The fourth-order valence-corrected chi connectivity index (χ4v) is 4.37. The number of alkyl halides is 4. The fourth-order valence-electron chi connectivity index (χ4n) is 4.37. The van der Waals surface area contributed by atoms with Gasteiger partial charge in [0.05, 0.1) is 35.7 Å². The monoisotopic (exact) mass is 506 g/mol. The molecule has 2 aromatic carbocycles. The van der Waals surface area contributed by atoms with Gasteiger partial charge in [0, 0.05) is 19.2 Å². The highest BCUT2D eigenvalue weighted by Gasteiger charge is 2.31. The van der Waals surface area contributed by atoms with Crippen LogP contribution in [-0.4, -0.2) is 57.2 Å². The molecule has 0 aliphatic carbocycles. The lowest BCUT2D eigenvalue weighted by atomic mass is 9.90. The number of aromatic nitrogens is 2. The summed E-state index contributed by atoms with van der Waals surface area (Å²) in [6, 6.07) is 9.03. The molecule has 11 heteroatoms. The van der Waals surface area contributed by atoms with Gasteiger partial charge in [-0.05, 0) is 55.7 Å². The summed E-state index contributed by atoms with van der Waals surface area (Å²) in [6.07, 6.45) is -3.11. The maximum atomic E-state index is 14.8. The number of likely N-dealkylation sites (tertiary alicyclic amines) is 1. The van der Waals surface area contributed by atoms with Gasteiger partial charge in [-0.25, -0.2) is 4.39 Å². The maximum Gasteiger partial charge on any atom is 0.416 e. The molecule has 7 nitrogen and oxygen atoms in total. The Hall–Kier alpha value is -3.47. The molecule has 2 heterocycles. The number of likely N-dealkylation sites (N-methyl/N-ethyl adjacent to an activating group) is 1. The van der Waals surface area contributed by atoms with Crippen molar-refractivity contribution < 1.29 is 32.3 Å². The van der Waals surface area contributed by atoms with Crippen LogP contribution in [-0.2, 0) is 17.5 Å². The molecular formula is C25H26F4N4O3. The van der Waals surface area contributed by atoms with E-state index in [1.807, 2.05) is 0 Å². The van der Waals surface area contributed by atoms with Crippen molar-refractivity contribution in [1.29, 1.82) is 0 Å². The largest absolute Gasteiger partial charge is 0.416 e. The number of carbonyl (C=O) groups is 2. The van der Waals surface area contributed by atoms with E-state index in [-0.39, 0.29) is 29.6 Å². The Morgan fingerprint density at radius 3 is 2.64 bits per heavy atom. The number of H-pyrrole nitrogens is 1. The van der Waals surface area contributed by atoms with Crippen LogP contribution in [0, 0.1) is 0 Å². The third kappa shape index (κ3) is 5.20. The number of nitrogens with one attached hydrogen (secondary N) is 1. The molecule has 1 aliphatic heterocycles. The van der Waals surface area contributed by atoms with Crippen LogP contribution in [0.3, 0.4) is 0 Å². The number of hydrogen-bond acceptors (Lipinski definition) is 3. The number of nitrogens with zero attached hydrogens (tertiary/aromatic N) is 3. The minimum absolute atomic E-state index is 0.0127. The highest BCUT2D eigenvalue weighted by molar-refractivity contribution is 5.95. The van der Waals surface area contributed by atoms with Gasteiger partial charge >= 0.3 is 6.18 Å². The van der Waals surface area contributed by atoms with Crippen molar-refractivity contribution in [2.45, 2.75) is 44.1 Å². The molecule has 1 aliphatic rings. The molecule has 3 aromatic rings. The second-order valence-electron chi connectivity index (χ2n) is 9.33. The van der Waals surface area contributed by atoms with Gasteiger partial charge in [0.15, 0.2) is 0 Å². The van der Waals surface area contributed by atoms with Crippen molar-refractivity contribution in [3.63, 3.8) is 0 Å². The average Bonchev–Trinajstić information content (AvgIpc) is 3.15. The molecule has 2 atom stereocenters. The first-order valence-corrected chi connectivity index (χ1v) is 11.4. The van der Waals surface area contributed by atoms with Gasteiger partial charge < -0.3 is 19.6 Å². The molecule has 1 fully saturated rings. The predicted octanol–water partition coefficient (Wildman–Crippen LogP) is 3.79. The van der Waals surface area contributed by atoms with E-state index >= 15 is 0 Å². The van der Waals surface area contributed by atoms with Gasteiger partial charge in [-0.2, -0.15) is 18.2 Å². The highest BCUT2D eigenvalue weighted by Crippen LogP contribution is 2.31. The van der Waals surface area contributed by atoms with Gasteiger partial charge in [-0.15, -0.1) is 0 Å². The van der Waals surface area contributed by atoms with Gasteiger partial charge in [0.25, 0.3) is 5.91 Å². The van der Waals surface area contributed by atoms with Gasteiger partial charge in [-0.1, -0.05) is 12.1 Å². The van der Waals surface area contributed by atoms with Crippen molar-refractivity contribution in [1.82, 2.24) is 14.5 Å². The number of halogens is 4. The zero-order chi connectivity index (χ0) is 26.3. The molecule has 2 N–H and O–H groups in total. The number of carbonyl (C=O) groups excluding carboxylic acids is 2. The SMILES string of the molecule is CN1CCCC(c2ccc3c(c2)[nH]c(=NC(=O)c2cccc(C(F)(F)F)c2)n3CC(C)(F)CO)C1=O. The molecule has 192 valence electrons. The van der Waals surface area contributed by atoms with Crippen molar-refractivity contribution in [3.05, 3.63) is 64.8 Å². The van der Waals surface area contributed by atoms with E-state index < -0.39 is 29.9 Å². The molecule has 2 unspecified atom stereocenters. The lowest BCUT2D eigenvalue weighted by Gasteiger charge is -2.29. The van der Waals surface area contributed by atoms with Gasteiger partial charge in [-0.3, -0.25) is 9.59 Å². The Bertz CT molecular complexity index is 1370. The highest BCUT2D eigenvalue weighted by atomic mass is 19.4. The number of hydrogen-bond donors (Lipinski definition) is 2. The first-order chi connectivity index (χ1) is 16.9. The Balaban J connectivity index is 1.81. The van der Waals surface area contributed by atoms with Crippen LogP contribution < -0.4 is 5.62 Å². The lowest BCUT2D eigenvalue weighted by molar-refractivity contribution is -0.137. The number of amides is 2. The Labute approximate surface area is 204 Å². The number of fused-ring (bicyclic) bond motifs is 1. The Morgan fingerprint density at radius 1 is 1.19 bits per heavy atom. The van der Waals surface area contributed by atoms with Gasteiger partial charge in [0.1, 0.15) is 5.67 Å². The first-order valence-electron chi connectivity index (χ1n) is 11.4. The van der Waals surface area contributed by atoms with E-state index in [0.717, 1.165) is 24.1 Å². The normalized spacial score (nSPS) is 19.1. The van der Waals surface area contributed by atoms with E-state index in [0.29, 0.717) is 30.1 Å². The molecule has 0 spiro atoms. The van der Waals surface area contributed by atoms with Gasteiger partial charge in [0.2, 0.25) is 11.5 Å². The van der Waals surface area contributed by atoms with E-state index in [4.69, 9.17) is 0 Å². The van der Waals surface area contributed by atoms with Crippen molar-refractivity contribution in [2.75, 3.05) is 20.2 Å². The number of benzene rings is 2. The lowest BCUT2D eigenvalue weighted by Crippen LogP contribution is -2.37. The number of aliphatic hydroxyl groups is 1. The summed E-state index contributed by atoms with van der Waals surface area (Å²) < 4.78 is 55.4. The zero-order valence-corrected chi connectivity index (χ0v) is 19.8. The smallest absolute Gasteiger partial charge is 0.393 e. The van der Waals surface area contributed by atoms with E-state index in [1.54, 1.807) is 30.1 Å².